The highest BCUT2D eigenvalue weighted by molar-refractivity contribution is 5.25. The van der Waals surface area contributed by atoms with E-state index in [0.29, 0.717) is 18.3 Å². The lowest BCUT2D eigenvalue weighted by atomic mass is 9.47. The first-order valence-corrected chi connectivity index (χ1v) is 9.08. The van der Waals surface area contributed by atoms with Gasteiger partial charge in [-0.2, -0.15) is 0 Å². The number of hydrogen-bond donors (Lipinski definition) is 2. The first-order chi connectivity index (χ1) is 10.4. The highest BCUT2D eigenvalue weighted by Crippen LogP contribution is 2.65. The van der Waals surface area contributed by atoms with Gasteiger partial charge in [-0.15, -0.1) is 0 Å². The molecule has 2 nitrogen and oxygen atoms in total. The van der Waals surface area contributed by atoms with Crippen LogP contribution in [0.25, 0.3) is 0 Å². The van der Waals surface area contributed by atoms with Gasteiger partial charge >= 0.3 is 0 Å². The van der Waals surface area contributed by atoms with Crippen molar-refractivity contribution in [1.82, 2.24) is 0 Å². The molecule has 0 aliphatic heterocycles. The predicted octanol–water partition coefficient (Wildman–Crippen LogP) is 3.62. The Bertz CT molecular complexity index is 504. The van der Waals surface area contributed by atoms with E-state index in [4.69, 9.17) is 0 Å². The first-order valence-electron chi connectivity index (χ1n) is 9.08. The van der Waals surface area contributed by atoms with E-state index in [1.807, 2.05) is 6.92 Å². The van der Waals surface area contributed by atoms with E-state index in [-0.39, 0.29) is 11.3 Å². The van der Waals surface area contributed by atoms with E-state index in [9.17, 15) is 14.6 Å². The van der Waals surface area contributed by atoms with Gasteiger partial charge in [0.15, 0.2) is 0 Å². The number of allylic oxidation sites excluding steroid dienone is 2. The summed E-state index contributed by atoms with van der Waals surface area (Å²) in [6.45, 7) is 4.31. The molecular weight excluding hydrogens is 279 g/mol. The van der Waals surface area contributed by atoms with E-state index in [0.717, 1.165) is 19.3 Å². The summed E-state index contributed by atoms with van der Waals surface area (Å²) in [6, 6.07) is 0. The smallest absolute Gasteiger partial charge is 0.127 e. The van der Waals surface area contributed by atoms with Gasteiger partial charge in [0, 0.05) is 5.41 Å². The molecule has 4 aliphatic rings. The van der Waals surface area contributed by atoms with Crippen LogP contribution in [0.5, 0.6) is 0 Å². The van der Waals surface area contributed by atoms with Gasteiger partial charge < -0.3 is 10.2 Å². The van der Waals surface area contributed by atoms with E-state index < -0.39 is 23.8 Å². The fraction of sp³-hybridized carbons (Fsp3) is 0.895. The highest BCUT2D eigenvalue weighted by atomic mass is 19.1. The van der Waals surface area contributed by atoms with Gasteiger partial charge in [0.25, 0.3) is 0 Å². The average molecular weight is 308 g/mol. The van der Waals surface area contributed by atoms with Crippen molar-refractivity contribution in [1.29, 1.82) is 0 Å². The Labute approximate surface area is 132 Å². The fourth-order valence-corrected chi connectivity index (χ4v) is 6.67. The highest BCUT2D eigenvalue weighted by Gasteiger charge is 2.64. The van der Waals surface area contributed by atoms with Gasteiger partial charge in [0.2, 0.25) is 0 Å². The molecular formula is C19H29FO2. The van der Waals surface area contributed by atoms with Crippen molar-refractivity contribution in [3.8, 4) is 0 Å². The minimum absolute atomic E-state index is 0.131. The van der Waals surface area contributed by atoms with Gasteiger partial charge in [0.05, 0.1) is 12.2 Å². The average Bonchev–Trinajstić information content (AvgIpc) is 2.73. The third kappa shape index (κ3) is 1.73. The van der Waals surface area contributed by atoms with Gasteiger partial charge in [-0.25, -0.2) is 4.39 Å². The largest absolute Gasteiger partial charge is 0.392 e. The lowest BCUT2D eigenvalue weighted by Crippen LogP contribution is -2.57. The predicted molar refractivity (Wildman–Crippen MR) is 84.0 cm³/mol. The Kier molecular flexibility index (Phi) is 3.30. The molecule has 8 atom stereocenters. The van der Waals surface area contributed by atoms with E-state index in [1.165, 1.54) is 19.3 Å². The van der Waals surface area contributed by atoms with Crippen LogP contribution in [-0.2, 0) is 0 Å². The summed E-state index contributed by atoms with van der Waals surface area (Å²) >= 11 is 0. The lowest BCUT2D eigenvalue weighted by molar-refractivity contribution is -0.152. The molecule has 0 saturated heterocycles. The van der Waals surface area contributed by atoms with E-state index >= 15 is 0 Å². The maximum atomic E-state index is 14.3. The molecule has 3 unspecified atom stereocenters. The van der Waals surface area contributed by atoms with Crippen LogP contribution in [0.1, 0.15) is 58.8 Å². The van der Waals surface area contributed by atoms with Gasteiger partial charge in [0.1, 0.15) is 6.17 Å². The molecule has 2 N–H and O–H groups in total. The normalized spacial score (nSPS) is 57.6. The molecule has 0 radical (unpaired) electrons. The number of aliphatic hydroxyl groups excluding tert-OH is 2. The Hall–Kier alpha value is -0.410. The zero-order chi connectivity index (χ0) is 15.7. The van der Waals surface area contributed by atoms with Crippen molar-refractivity contribution >= 4 is 0 Å². The zero-order valence-electron chi connectivity index (χ0n) is 13.8. The van der Waals surface area contributed by atoms with Crippen molar-refractivity contribution in [2.24, 2.45) is 28.6 Å². The maximum Gasteiger partial charge on any atom is 0.127 e. The van der Waals surface area contributed by atoms with Crippen LogP contribution in [0.4, 0.5) is 4.39 Å². The quantitative estimate of drug-likeness (QED) is 0.671. The third-order valence-electron chi connectivity index (χ3n) is 8.08. The maximum absolute atomic E-state index is 14.3. The van der Waals surface area contributed by atoms with E-state index in [2.05, 4.69) is 13.0 Å². The number of alkyl halides is 1. The molecule has 3 heteroatoms. The molecule has 0 aromatic heterocycles. The summed E-state index contributed by atoms with van der Waals surface area (Å²) in [5.74, 6) is 1.05. The molecule has 0 aromatic carbocycles. The molecule has 4 aliphatic carbocycles. The second-order valence-corrected chi connectivity index (χ2v) is 8.77. The van der Waals surface area contributed by atoms with Crippen LogP contribution in [-0.4, -0.2) is 28.6 Å². The van der Waals surface area contributed by atoms with Crippen molar-refractivity contribution in [2.75, 3.05) is 0 Å². The molecule has 0 aromatic rings. The monoisotopic (exact) mass is 308 g/mol. The van der Waals surface area contributed by atoms with Crippen molar-refractivity contribution in [3.05, 3.63) is 11.6 Å². The van der Waals surface area contributed by atoms with Crippen molar-refractivity contribution in [2.45, 2.75) is 77.2 Å². The molecule has 0 bridgehead atoms. The lowest BCUT2D eigenvalue weighted by Gasteiger charge is -2.59. The number of hydrogen-bond acceptors (Lipinski definition) is 2. The van der Waals surface area contributed by atoms with Crippen molar-refractivity contribution < 1.29 is 14.6 Å². The van der Waals surface area contributed by atoms with Crippen molar-refractivity contribution in [3.63, 3.8) is 0 Å². The second kappa shape index (κ2) is 4.80. The van der Waals surface area contributed by atoms with Gasteiger partial charge in [-0.3, -0.25) is 0 Å². The van der Waals surface area contributed by atoms with Crippen LogP contribution < -0.4 is 0 Å². The second-order valence-electron chi connectivity index (χ2n) is 8.77. The third-order valence-corrected chi connectivity index (χ3v) is 8.08. The molecule has 22 heavy (non-hydrogen) atoms. The summed E-state index contributed by atoms with van der Waals surface area (Å²) in [5.41, 5.74) is 1.14. The summed E-state index contributed by atoms with van der Waals surface area (Å²) in [5, 5.41) is 21.2. The molecule has 3 saturated carbocycles. The fourth-order valence-electron chi connectivity index (χ4n) is 6.67. The van der Waals surface area contributed by atoms with Crippen LogP contribution in [0, 0.1) is 28.6 Å². The number of halogens is 1. The first kappa shape index (κ1) is 15.1. The summed E-state index contributed by atoms with van der Waals surface area (Å²) < 4.78 is 14.3. The van der Waals surface area contributed by atoms with E-state index in [1.54, 1.807) is 5.57 Å². The molecule has 3 fully saturated rings. The topological polar surface area (TPSA) is 40.5 Å². The molecule has 0 amide bonds. The minimum Gasteiger partial charge on any atom is -0.392 e. The summed E-state index contributed by atoms with van der Waals surface area (Å²) in [4.78, 5) is 0. The van der Waals surface area contributed by atoms with Crippen LogP contribution in [0.15, 0.2) is 11.6 Å². The molecule has 0 spiro atoms. The zero-order valence-corrected chi connectivity index (χ0v) is 13.8. The minimum atomic E-state index is -1.17. The van der Waals surface area contributed by atoms with Gasteiger partial charge in [-0.05, 0) is 68.1 Å². The van der Waals surface area contributed by atoms with Gasteiger partial charge in [-0.1, -0.05) is 25.5 Å². The molecule has 4 rings (SSSR count). The number of rotatable bonds is 0. The molecule has 124 valence electrons. The Morgan fingerprint density at radius 3 is 2.73 bits per heavy atom. The standard InChI is InChI=1S/C19H29FO2/c1-18-8-4-3-5-11(18)6-7-12-13(18)10-16(21)19(2)14(12)9-15(20)17(19)22/h5,12-17,21-22H,3-4,6-10H2,1-2H3/t12-,13-,14+,15?,16?,17?,18+,19-/m1/s1. The Morgan fingerprint density at radius 2 is 1.95 bits per heavy atom. The van der Waals surface area contributed by atoms with Crippen LogP contribution in [0.3, 0.4) is 0 Å². The van der Waals surface area contributed by atoms with Crippen LogP contribution in [0.2, 0.25) is 0 Å². The molecule has 0 heterocycles. The Balaban J connectivity index is 1.73. The SMILES string of the molecule is C[C@]12C(O)C[C@@H]3[C@@H](CCC4=CCCC[C@@]43C)[C@@H]1CC(F)C2O. The Morgan fingerprint density at radius 1 is 1.18 bits per heavy atom. The summed E-state index contributed by atoms with van der Waals surface area (Å²) in [6.07, 6.45) is 6.73. The summed E-state index contributed by atoms with van der Waals surface area (Å²) in [7, 11) is 0. The van der Waals surface area contributed by atoms with Crippen LogP contribution >= 0.6 is 0 Å². The number of aliphatic hydroxyl groups is 2. The number of fused-ring (bicyclic) bond motifs is 5.